The predicted octanol–water partition coefficient (Wildman–Crippen LogP) is 7.99. The van der Waals surface area contributed by atoms with E-state index >= 15 is 0 Å². The van der Waals surface area contributed by atoms with Gasteiger partial charge in [-0.3, -0.25) is 15.5 Å². The van der Waals surface area contributed by atoms with E-state index in [9.17, 15) is 9.59 Å². The molecule has 24 heavy (non-hydrogen) atoms. The third kappa shape index (κ3) is 27.0. The Labute approximate surface area is 183 Å². The molecule has 0 fully saturated rings. The van der Waals surface area contributed by atoms with Gasteiger partial charge in [-0.05, 0) is 13.3 Å². The summed E-state index contributed by atoms with van der Waals surface area (Å²) in [6, 6.07) is 0. The van der Waals surface area contributed by atoms with Crippen molar-refractivity contribution in [2.24, 2.45) is 5.41 Å². The van der Waals surface area contributed by atoms with Crippen molar-refractivity contribution < 1.29 is 47.4 Å². The van der Waals surface area contributed by atoms with Crippen LogP contribution in [0.4, 0.5) is 0 Å². The largest absolute Gasteiger partial charge is 0.503 e. The summed E-state index contributed by atoms with van der Waals surface area (Å²) in [5.41, 5.74) is -0.503. The van der Waals surface area contributed by atoms with E-state index in [-0.39, 0.29) is 105 Å². The minimum atomic E-state index is -0.909. The SMILES string of the molecule is C.C.C.C.C.C.C.C.CCCC(C)(C[C-](C)C(=O)O)C(C)=O.[CH3-].[Y]. The summed E-state index contributed by atoms with van der Waals surface area (Å²) in [5, 5.41) is 8.75. The van der Waals surface area contributed by atoms with E-state index in [1.54, 1.807) is 6.92 Å². The number of aliphatic carboxylic acids is 1. The first kappa shape index (κ1) is 74.9. The van der Waals surface area contributed by atoms with Crippen LogP contribution in [0.2, 0.25) is 0 Å². The van der Waals surface area contributed by atoms with Crippen molar-refractivity contribution in [2.75, 3.05) is 0 Å². The van der Waals surface area contributed by atoms with Gasteiger partial charge in [0.2, 0.25) is 0 Å². The number of Topliss-reactive ketones (excluding diaryl/α,β-unsaturated/α-hetero) is 1. The fourth-order valence-electron chi connectivity index (χ4n) is 1.60. The predicted molar refractivity (Wildman–Crippen MR) is 115 cm³/mol. The Balaban J connectivity index is -0.0000000188. The molecule has 0 saturated carbocycles. The third-order valence-electron chi connectivity index (χ3n) is 2.67. The molecule has 0 heterocycles. The van der Waals surface area contributed by atoms with E-state index < -0.39 is 11.4 Å². The summed E-state index contributed by atoms with van der Waals surface area (Å²) in [6.45, 7) is 6.94. The maximum Gasteiger partial charge on any atom is 0.166 e. The molecule has 1 atom stereocenters. The molecule has 0 aliphatic carbocycles. The zero-order valence-corrected chi connectivity index (χ0v) is 13.8. The average molecular weight is 432 g/mol. The van der Waals surface area contributed by atoms with Crippen LogP contribution in [0, 0.1) is 18.8 Å². The number of carbonyl (C=O) groups excluding carboxylic acids is 1. The Bertz CT molecular complexity index is 231. The van der Waals surface area contributed by atoms with Gasteiger partial charge in [0.25, 0.3) is 0 Å². The van der Waals surface area contributed by atoms with Crippen molar-refractivity contribution >= 4 is 11.8 Å². The molecule has 0 bridgehead atoms. The van der Waals surface area contributed by atoms with Crippen LogP contribution in [0.15, 0.2) is 0 Å². The number of carboxylic acids is 1. The van der Waals surface area contributed by atoms with Crippen LogP contribution in [-0.2, 0) is 42.3 Å². The van der Waals surface area contributed by atoms with Crippen LogP contribution in [0.5, 0.6) is 0 Å². The molecule has 1 unspecified atom stereocenters. The summed E-state index contributed by atoms with van der Waals surface area (Å²) in [4.78, 5) is 22.1. The fourth-order valence-corrected chi connectivity index (χ4v) is 1.60. The van der Waals surface area contributed by atoms with Gasteiger partial charge in [-0.15, -0.1) is 6.42 Å². The summed E-state index contributed by atoms with van der Waals surface area (Å²) >= 11 is 0. The van der Waals surface area contributed by atoms with Gasteiger partial charge in [0.1, 0.15) is 5.78 Å². The first-order valence-electron chi connectivity index (χ1n) is 4.90. The Morgan fingerprint density at radius 3 is 1.42 bits per heavy atom. The fraction of sp³-hybridized carbons (Fsp3) is 0.800. The van der Waals surface area contributed by atoms with Crippen LogP contribution in [0.25, 0.3) is 0 Å². The maximum absolute atomic E-state index is 11.4. The summed E-state index contributed by atoms with van der Waals surface area (Å²) in [7, 11) is 0. The van der Waals surface area contributed by atoms with Crippen LogP contribution in [0.3, 0.4) is 0 Å². The molecule has 0 aromatic carbocycles. The van der Waals surface area contributed by atoms with Crippen LogP contribution in [-0.4, -0.2) is 16.9 Å². The molecule has 0 spiro atoms. The normalized spacial score (nSPS) is 8.50. The molecule has 0 rings (SSSR count). The van der Waals surface area contributed by atoms with Crippen LogP contribution in [0.1, 0.15) is 106 Å². The minimum absolute atomic E-state index is 0. The van der Waals surface area contributed by atoms with Gasteiger partial charge in [0.15, 0.2) is 5.97 Å². The molecule has 0 aliphatic rings. The van der Waals surface area contributed by atoms with E-state index in [1.807, 2.05) is 13.8 Å². The molecule has 0 amide bonds. The van der Waals surface area contributed by atoms with E-state index in [0.29, 0.717) is 12.3 Å². The third-order valence-corrected chi connectivity index (χ3v) is 2.67. The van der Waals surface area contributed by atoms with Gasteiger partial charge in [-0.1, -0.05) is 79.7 Å². The second kappa shape index (κ2) is 34.4. The second-order valence-electron chi connectivity index (χ2n) is 4.13. The first-order chi connectivity index (χ1) is 6.33. The Morgan fingerprint density at radius 2 is 1.25 bits per heavy atom. The Kier molecular flexibility index (Phi) is 108. The number of hydrogen-bond donors (Lipinski definition) is 1. The van der Waals surface area contributed by atoms with Gasteiger partial charge in [0, 0.05) is 38.1 Å². The average Bonchev–Trinajstić information content (AvgIpc) is 2.03. The second-order valence-corrected chi connectivity index (χ2v) is 4.13. The molecule has 0 saturated heterocycles. The van der Waals surface area contributed by atoms with Gasteiger partial charge in [0.05, 0.1) is 0 Å². The van der Waals surface area contributed by atoms with Crippen molar-refractivity contribution in [3.05, 3.63) is 13.3 Å². The van der Waals surface area contributed by atoms with Gasteiger partial charge in [-0.2, -0.15) is 6.92 Å². The molecule has 157 valence electrons. The summed E-state index contributed by atoms with van der Waals surface area (Å²) in [6.07, 6.45) is 1.99. The van der Waals surface area contributed by atoms with Gasteiger partial charge < -0.3 is 12.5 Å². The van der Waals surface area contributed by atoms with Crippen LogP contribution >= 0.6 is 0 Å². The quantitative estimate of drug-likeness (QED) is 0.434. The molecule has 0 aliphatic heterocycles. The van der Waals surface area contributed by atoms with Crippen LogP contribution < -0.4 is 0 Å². The molecule has 4 heteroatoms. The van der Waals surface area contributed by atoms with Gasteiger partial charge >= 0.3 is 0 Å². The van der Waals surface area contributed by atoms with Crippen molar-refractivity contribution in [1.29, 1.82) is 0 Å². The molecule has 0 aromatic heterocycles. The first-order valence-corrected chi connectivity index (χ1v) is 4.90. The number of carbonyl (C=O) groups is 2. The van der Waals surface area contributed by atoms with E-state index in [0.717, 1.165) is 12.8 Å². The Hall–Kier alpha value is 0.114. The summed E-state index contributed by atoms with van der Waals surface area (Å²) < 4.78 is 0. The van der Waals surface area contributed by atoms with E-state index in [1.165, 1.54) is 6.92 Å². The monoisotopic (exact) mass is 431 g/mol. The zero-order valence-electron chi connectivity index (χ0n) is 11.0. The molecule has 1 N–H and O–H groups in total. The molecule has 3 nitrogen and oxygen atoms in total. The topological polar surface area (TPSA) is 54.4 Å². The Morgan fingerprint density at radius 1 is 0.958 bits per heavy atom. The molecule has 0 aromatic rings. The van der Waals surface area contributed by atoms with E-state index in [4.69, 9.17) is 5.11 Å². The number of hydrogen-bond acceptors (Lipinski definition) is 2. The standard InChI is InChI=1S/C11H19O3.8CH4.CH3.Y/c1-5-6-11(4,9(3)12)7-8(2)10(13)14;;;;;;;;;;/h5-7H2,1-4H3,(H,13,14);8*1H4;1H3;/q-1;;;;;;;;;-1;. The number of carboxylic acid groups (broad SMARTS) is 1. The van der Waals surface area contributed by atoms with Crippen molar-refractivity contribution in [2.45, 2.75) is 106 Å². The van der Waals surface area contributed by atoms with Crippen molar-refractivity contribution in [3.63, 3.8) is 0 Å². The summed E-state index contributed by atoms with van der Waals surface area (Å²) in [5.74, 6) is -0.482. The van der Waals surface area contributed by atoms with Crippen molar-refractivity contribution in [1.82, 2.24) is 0 Å². The maximum atomic E-state index is 11.4. The minimum Gasteiger partial charge on any atom is -0.503 e. The van der Waals surface area contributed by atoms with Crippen molar-refractivity contribution in [3.8, 4) is 0 Å². The number of ketones is 1. The van der Waals surface area contributed by atoms with E-state index in [2.05, 4.69) is 0 Å². The smallest absolute Gasteiger partial charge is 0.166 e. The molecular weight excluding hydrogens is 377 g/mol. The molecular formula is C20H54O3Y-2. The number of rotatable bonds is 6. The molecule has 1 radical (unpaired) electrons. The van der Waals surface area contributed by atoms with Gasteiger partial charge in [-0.25, -0.2) is 0 Å². The zero-order chi connectivity index (χ0) is 11.4.